The fourth-order valence-corrected chi connectivity index (χ4v) is 5.30. The lowest BCUT2D eigenvalue weighted by Gasteiger charge is -2.17. The lowest BCUT2D eigenvalue weighted by atomic mass is 9.87. The maximum Gasteiger partial charge on any atom is 0.0105 e. The molecule has 0 saturated carbocycles. The Balaban J connectivity index is 1.50. The Morgan fingerprint density at radius 3 is 2.00 bits per heavy atom. The van der Waals surface area contributed by atoms with Gasteiger partial charge in [-0.25, -0.2) is 0 Å². The second-order valence-corrected chi connectivity index (χ2v) is 8.25. The van der Waals surface area contributed by atoms with Crippen molar-refractivity contribution >= 4 is 5.57 Å². The first-order valence-corrected chi connectivity index (χ1v) is 10.1. The molecule has 0 radical (unpaired) electrons. The van der Waals surface area contributed by atoms with E-state index in [2.05, 4.69) is 81.4 Å². The second kappa shape index (κ2) is 6.23. The minimum atomic E-state index is 0.520. The number of rotatable bonds is 3. The molecule has 27 heavy (non-hydrogen) atoms. The van der Waals surface area contributed by atoms with Gasteiger partial charge in [0, 0.05) is 5.92 Å². The van der Waals surface area contributed by atoms with E-state index in [1.54, 1.807) is 22.3 Å². The van der Waals surface area contributed by atoms with Crippen LogP contribution in [0.3, 0.4) is 0 Å². The van der Waals surface area contributed by atoms with E-state index in [0.29, 0.717) is 5.92 Å². The van der Waals surface area contributed by atoms with Crippen LogP contribution in [0.4, 0.5) is 0 Å². The van der Waals surface area contributed by atoms with E-state index < -0.39 is 0 Å². The van der Waals surface area contributed by atoms with Crippen molar-refractivity contribution in [1.82, 2.24) is 0 Å². The Kier molecular flexibility index (Phi) is 3.82. The first kappa shape index (κ1) is 16.6. The largest absolute Gasteiger partial charge is 0.0651 e. The zero-order valence-electron chi connectivity index (χ0n) is 16.5. The monoisotopic (exact) mass is 350 g/mol. The van der Waals surface area contributed by atoms with Crippen LogP contribution in [-0.2, 0) is 6.42 Å². The Morgan fingerprint density at radius 1 is 0.741 bits per heavy atom. The highest BCUT2D eigenvalue weighted by molar-refractivity contribution is 5.81. The van der Waals surface area contributed by atoms with Crippen LogP contribution in [0.1, 0.15) is 59.1 Å². The number of hydrogen-bond acceptors (Lipinski definition) is 0. The summed E-state index contributed by atoms with van der Waals surface area (Å²) in [6.07, 6.45) is 3.49. The van der Waals surface area contributed by atoms with Gasteiger partial charge in [0.1, 0.15) is 0 Å². The minimum Gasteiger partial charge on any atom is -0.0651 e. The van der Waals surface area contributed by atoms with E-state index >= 15 is 0 Å². The van der Waals surface area contributed by atoms with Crippen LogP contribution in [0.2, 0.25) is 0 Å². The number of benzene rings is 3. The van der Waals surface area contributed by atoms with Gasteiger partial charge in [0.25, 0.3) is 0 Å². The number of allylic oxidation sites excluding steroid dienone is 2. The van der Waals surface area contributed by atoms with E-state index in [-0.39, 0.29) is 0 Å². The molecule has 0 saturated heterocycles. The van der Waals surface area contributed by atoms with Crippen molar-refractivity contribution in [1.29, 1.82) is 0 Å². The van der Waals surface area contributed by atoms with Crippen LogP contribution in [0, 0.1) is 13.8 Å². The van der Waals surface area contributed by atoms with Gasteiger partial charge >= 0.3 is 0 Å². The van der Waals surface area contributed by atoms with E-state index in [9.17, 15) is 0 Å². The molecule has 0 amide bonds. The van der Waals surface area contributed by atoms with Crippen LogP contribution >= 0.6 is 0 Å². The summed E-state index contributed by atoms with van der Waals surface area (Å²) in [6, 6.07) is 22.6. The Bertz CT molecular complexity index is 1040. The summed E-state index contributed by atoms with van der Waals surface area (Å²) < 4.78 is 0. The highest BCUT2D eigenvalue weighted by Gasteiger charge is 2.29. The molecule has 0 atom stereocenters. The van der Waals surface area contributed by atoms with Crippen molar-refractivity contribution < 1.29 is 0 Å². The van der Waals surface area contributed by atoms with Crippen molar-refractivity contribution in [2.75, 3.05) is 0 Å². The van der Waals surface area contributed by atoms with Crippen LogP contribution < -0.4 is 0 Å². The summed E-state index contributed by atoms with van der Waals surface area (Å²) in [7, 11) is 0. The average molecular weight is 351 g/mol. The van der Waals surface area contributed by atoms with E-state index in [4.69, 9.17) is 0 Å². The Morgan fingerprint density at radius 2 is 1.33 bits per heavy atom. The van der Waals surface area contributed by atoms with E-state index in [1.165, 1.54) is 39.8 Å². The molecule has 0 aromatic heterocycles. The van der Waals surface area contributed by atoms with E-state index in [1.807, 2.05) is 0 Å². The van der Waals surface area contributed by atoms with Gasteiger partial charge in [-0.3, -0.25) is 0 Å². The van der Waals surface area contributed by atoms with Gasteiger partial charge < -0.3 is 0 Å². The molecular weight excluding hydrogens is 324 g/mol. The predicted molar refractivity (Wildman–Crippen MR) is 115 cm³/mol. The van der Waals surface area contributed by atoms with Gasteiger partial charge in [0.05, 0.1) is 0 Å². The molecule has 0 nitrogen and oxygen atoms in total. The summed E-state index contributed by atoms with van der Waals surface area (Å²) in [5.74, 6) is 0.520. The number of aryl methyl sites for hydroxylation is 2. The lowest BCUT2D eigenvalue weighted by molar-refractivity contribution is 0.750. The molecule has 5 rings (SSSR count). The van der Waals surface area contributed by atoms with E-state index in [0.717, 1.165) is 12.8 Å². The molecule has 0 aliphatic heterocycles. The summed E-state index contributed by atoms with van der Waals surface area (Å²) in [4.78, 5) is 0. The Labute approximate surface area is 162 Å². The standard InChI is InChI=1S/C27H26/c1-17-12-13-18(2)27-20(19(3)16-26(17)27)14-15-25-23-10-6-4-8-21(23)22-9-5-7-11-24(22)25/h4-13,25H,14-16H2,1-3H3. The average Bonchev–Trinajstić information content (AvgIpc) is 3.19. The third-order valence-electron chi connectivity index (χ3n) is 6.66. The van der Waals surface area contributed by atoms with Crippen LogP contribution in [-0.4, -0.2) is 0 Å². The maximum absolute atomic E-state index is 2.34. The van der Waals surface area contributed by atoms with Gasteiger partial charge in [-0.2, -0.15) is 0 Å². The van der Waals surface area contributed by atoms with Crippen LogP contribution in [0.15, 0.2) is 66.2 Å². The van der Waals surface area contributed by atoms with Crippen molar-refractivity contribution in [2.45, 2.75) is 46.0 Å². The third kappa shape index (κ3) is 2.51. The molecule has 134 valence electrons. The highest BCUT2D eigenvalue weighted by atomic mass is 14.3. The predicted octanol–water partition coefficient (Wildman–Crippen LogP) is 7.23. The fraction of sp³-hybridized carbons (Fsp3) is 0.259. The molecule has 2 aliphatic carbocycles. The van der Waals surface area contributed by atoms with Crippen molar-refractivity contribution in [3.8, 4) is 11.1 Å². The molecule has 0 fully saturated rings. The second-order valence-electron chi connectivity index (χ2n) is 8.25. The van der Waals surface area contributed by atoms with Gasteiger partial charge in [0.2, 0.25) is 0 Å². The fourth-order valence-electron chi connectivity index (χ4n) is 5.30. The van der Waals surface area contributed by atoms with Gasteiger partial charge in [-0.05, 0) is 90.1 Å². The maximum atomic E-state index is 2.34. The van der Waals surface area contributed by atoms with Crippen molar-refractivity contribution in [2.24, 2.45) is 0 Å². The van der Waals surface area contributed by atoms with Crippen molar-refractivity contribution in [3.63, 3.8) is 0 Å². The third-order valence-corrected chi connectivity index (χ3v) is 6.66. The zero-order valence-corrected chi connectivity index (χ0v) is 16.5. The van der Waals surface area contributed by atoms with Gasteiger partial charge in [-0.15, -0.1) is 0 Å². The summed E-state index contributed by atoms with van der Waals surface area (Å²) >= 11 is 0. The van der Waals surface area contributed by atoms with Gasteiger partial charge in [0.15, 0.2) is 0 Å². The first-order chi connectivity index (χ1) is 13.1. The SMILES string of the molecule is CC1=C(CCC2c3ccccc3-c3ccccc32)c2c(C)ccc(C)c2C1. The number of hydrogen-bond donors (Lipinski definition) is 0. The highest BCUT2D eigenvalue weighted by Crippen LogP contribution is 2.48. The smallest absolute Gasteiger partial charge is 0.0105 e. The molecule has 0 spiro atoms. The summed E-state index contributed by atoms with van der Waals surface area (Å²) in [5.41, 5.74) is 15.1. The Hall–Kier alpha value is -2.60. The first-order valence-electron chi connectivity index (χ1n) is 10.1. The molecule has 0 heterocycles. The lowest BCUT2D eigenvalue weighted by Crippen LogP contribution is -1.99. The van der Waals surface area contributed by atoms with Crippen molar-refractivity contribution in [3.05, 3.63) is 99.6 Å². The molecular formula is C27H26. The quantitative estimate of drug-likeness (QED) is 0.467. The molecule has 0 bridgehead atoms. The van der Waals surface area contributed by atoms with Crippen LogP contribution in [0.5, 0.6) is 0 Å². The number of fused-ring (bicyclic) bond motifs is 4. The molecule has 0 heteroatoms. The molecule has 2 aliphatic rings. The summed E-state index contributed by atoms with van der Waals surface area (Å²) in [5, 5.41) is 0. The minimum absolute atomic E-state index is 0.520. The molecule has 3 aromatic rings. The summed E-state index contributed by atoms with van der Waals surface area (Å²) in [6.45, 7) is 6.87. The topological polar surface area (TPSA) is 0 Å². The molecule has 0 unspecified atom stereocenters. The van der Waals surface area contributed by atoms with Gasteiger partial charge in [-0.1, -0.05) is 66.2 Å². The molecule has 3 aromatic carbocycles. The normalized spacial score (nSPS) is 15.1. The molecule has 0 N–H and O–H groups in total. The zero-order chi connectivity index (χ0) is 18.5. The van der Waals surface area contributed by atoms with Crippen LogP contribution in [0.25, 0.3) is 16.7 Å².